The van der Waals surface area contributed by atoms with Gasteiger partial charge in [-0.2, -0.15) is 0 Å². The van der Waals surface area contributed by atoms with Crippen molar-refractivity contribution in [1.82, 2.24) is 10.3 Å². The lowest BCUT2D eigenvalue weighted by molar-refractivity contribution is 0.561. The van der Waals surface area contributed by atoms with Crippen LogP contribution in [0.4, 0.5) is 5.82 Å². The molecule has 0 radical (unpaired) electrons. The molecule has 0 aromatic carbocycles. The fraction of sp³-hybridized carbons (Fsp3) is 0.722. The summed E-state index contributed by atoms with van der Waals surface area (Å²) in [5, 5.41) is 3.26. The number of aromatic nitrogens is 1. The molecule has 3 nitrogen and oxygen atoms in total. The topological polar surface area (TPSA) is 28.2 Å². The van der Waals surface area contributed by atoms with Crippen molar-refractivity contribution in [2.75, 3.05) is 18.5 Å². The van der Waals surface area contributed by atoms with E-state index in [1.807, 2.05) is 7.05 Å². The van der Waals surface area contributed by atoms with Gasteiger partial charge in [-0.1, -0.05) is 20.8 Å². The van der Waals surface area contributed by atoms with Crippen LogP contribution in [0.5, 0.6) is 0 Å². The quantitative estimate of drug-likeness (QED) is 0.865. The molecule has 0 amide bonds. The average Bonchev–Trinajstić information content (AvgIpc) is 3.18. The smallest absolute Gasteiger partial charge is 0.129 e. The van der Waals surface area contributed by atoms with Crippen molar-refractivity contribution in [3.8, 4) is 0 Å². The zero-order chi connectivity index (χ0) is 15.6. The van der Waals surface area contributed by atoms with Gasteiger partial charge >= 0.3 is 0 Å². The SMILES string of the molecule is CNCc1cc(N(CC2CC2)C(C)C)nc(C(C)(C)C)c1. The van der Waals surface area contributed by atoms with Crippen molar-refractivity contribution in [2.24, 2.45) is 5.92 Å². The van der Waals surface area contributed by atoms with Gasteiger partial charge < -0.3 is 10.2 Å². The molecule has 21 heavy (non-hydrogen) atoms. The molecule has 1 fully saturated rings. The highest BCUT2D eigenvalue weighted by molar-refractivity contribution is 5.45. The number of hydrogen-bond donors (Lipinski definition) is 1. The monoisotopic (exact) mass is 289 g/mol. The molecule has 2 rings (SSSR count). The fourth-order valence-electron chi connectivity index (χ4n) is 2.56. The first-order valence-corrected chi connectivity index (χ1v) is 8.24. The molecule has 118 valence electrons. The molecule has 0 aliphatic heterocycles. The number of hydrogen-bond acceptors (Lipinski definition) is 3. The molecule has 1 aromatic rings. The van der Waals surface area contributed by atoms with Gasteiger partial charge in [-0.05, 0) is 57.4 Å². The molecule has 1 saturated carbocycles. The largest absolute Gasteiger partial charge is 0.354 e. The van der Waals surface area contributed by atoms with Gasteiger partial charge in [0.15, 0.2) is 0 Å². The number of pyridine rings is 1. The maximum Gasteiger partial charge on any atom is 0.129 e. The second-order valence-electron chi connectivity index (χ2n) is 7.69. The van der Waals surface area contributed by atoms with Crippen LogP contribution in [0.1, 0.15) is 58.7 Å². The highest BCUT2D eigenvalue weighted by atomic mass is 15.2. The molecule has 1 heterocycles. The van der Waals surface area contributed by atoms with Crippen LogP contribution in [0.3, 0.4) is 0 Å². The van der Waals surface area contributed by atoms with E-state index >= 15 is 0 Å². The Kier molecular flexibility index (Phi) is 4.92. The summed E-state index contributed by atoms with van der Waals surface area (Å²) in [5.74, 6) is 2.02. The van der Waals surface area contributed by atoms with E-state index in [1.165, 1.54) is 24.1 Å². The summed E-state index contributed by atoms with van der Waals surface area (Å²) in [6.45, 7) is 13.3. The van der Waals surface area contributed by atoms with E-state index in [1.54, 1.807) is 0 Å². The summed E-state index contributed by atoms with van der Waals surface area (Å²) in [6, 6.07) is 5.00. The lowest BCUT2D eigenvalue weighted by atomic mass is 9.90. The van der Waals surface area contributed by atoms with Crippen LogP contribution in [0.15, 0.2) is 12.1 Å². The molecular formula is C18H31N3. The van der Waals surface area contributed by atoms with Gasteiger partial charge in [0, 0.05) is 30.2 Å². The molecule has 1 aromatic heterocycles. The van der Waals surface area contributed by atoms with Crippen LogP contribution >= 0.6 is 0 Å². The summed E-state index contributed by atoms with van der Waals surface area (Å²) in [6.07, 6.45) is 2.76. The highest BCUT2D eigenvalue weighted by Crippen LogP contribution is 2.33. The third-order valence-corrected chi connectivity index (χ3v) is 4.09. The first-order chi connectivity index (χ1) is 9.81. The Morgan fingerprint density at radius 2 is 1.95 bits per heavy atom. The van der Waals surface area contributed by atoms with Crippen LogP contribution in [-0.2, 0) is 12.0 Å². The Labute approximate surface area is 130 Å². The van der Waals surface area contributed by atoms with Crippen LogP contribution in [0.2, 0.25) is 0 Å². The van der Waals surface area contributed by atoms with Crippen molar-refractivity contribution in [2.45, 2.75) is 65.5 Å². The van der Waals surface area contributed by atoms with Crippen molar-refractivity contribution < 1.29 is 0 Å². The van der Waals surface area contributed by atoms with Gasteiger partial charge in [-0.15, -0.1) is 0 Å². The zero-order valence-electron chi connectivity index (χ0n) is 14.5. The van der Waals surface area contributed by atoms with Crippen molar-refractivity contribution >= 4 is 5.82 Å². The molecule has 1 aliphatic carbocycles. The van der Waals surface area contributed by atoms with Gasteiger partial charge in [0.05, 0.1) is 0 Å². The summed E-state index contributed by atoms with van der Waals surface area (Å²) < 4.78 is 0. The molecule has 3 heteroatoms. The van der Waals surface area contributed by atoms with E-state index in [9.17, 15) is 0 Å². The van der Waals surface area contributed by atoms with Gasteiger partial charge in [0.2, 0.25) is 0 Å². The molecule has 0 saturated heterocycles. The Bertz CT molecular complexity index is 470. The predicted molar refractivity (Wildman–Crippen MR) is 90.9 cm³/mol. The Morgan fingerprint density at radius 1 is 1.29 bits per heavy atom. The average molecular weight is 289 g/mol. The molecule has 0 atom stereocenters. The van der Waals surface area contributed by atoms with Gasteiger partial charge in [-0.3, -0.25) is 0 Å². The predicted octanol–water partition coefficient (Wildman–Crippen LogP) is 3.72. The third-order valence-electron chi connectivity index (χ3n) is 4.09. The van der Waals surface area contributed by atoms with E-state index < -0.39 is 0 Å². The minimum atomic E-state index is 0.0841. The summed E-state index contributed by atoms with van der Waals surface area (Å²) in [7, 11) is 2.00. The first kappa shape index (κ1) is 16.3. The van der Waals surface area contributed by atoms with Gasteiger partial charge in [-0.25, -0.2) is 4.98 Å². The van der Waals surface area contributed by atoms with Crippen LogP contribution < -0.4 is 10.2 Å². The van der Waals surface area contributed by atoms with E-state index in [0.717, 1.165) is 24.8 Å². The number of rotatable bonds is 6. The zero-order valence-corrected chi connectivity index (χ0v) is 14.5. The molecule has 0 bridgehead atoms. The van der Waals surface area contributed by atoms with E-state index in [-0.39, 0.29) is 5.41 Å². The van der Waals surface area contributed by atoms with Crippen LogP contribution in [0.25, 0.3) is 0 Å². The second-order valence-corrected chi connectivity index (χ2v) is 7.69. The molecule has 1 aliphatic rings. The molecule has 1 N–H and O–H groups in total. The maximum absolute atomic E-state index is 4.99. The third kappa shape index (κ3) is 4.44. The van der Waals surface area contributed by atoms with Crippen LogP contribution in [0, 0.1) is 5.92 Å². The lowest BCUT2D eigenvalue weighted by Crippen LogP contribution is -2.34. The summed E-state index contributed by atoms with van der Waals surface area (Å²) in [5.41, 5.74) is 2.60. The number of nitrogens with zero attached hydrogens (tertiary/aromatic N) is 2. The second kappa shape index (κ2) is 6.35. The minimum absolute atomic E-state index is 0.0841. The Balaban J connectivity index is 2.36. The molecule has 0 spiro atoms. The Hall–Kier alpha value is -1.09. The Morgan fingerprint density at radius 3 is 2.43 bits per heavy atom. The summed E-state index contributed by atoms with van der Waals surface area (Å²) >= 11 is 0. The standard InChI is InChI=1S/C18H31N3/c1-13(2)21(12-14-7-8-14)17-10-15(11-19-6)9-16(20-17)18(3,4)5/h9-10,13-14,19H,7-8,11-12H2,1-6H3. The fourth-order valence-corrected chi connectivity index (χ4v) is 2.56. The molecular weight excluding hydrogens is 258 g/mol. The first-order valence-electron chi connectivity index (χ1n) is 8.24. The number of nitrogens with one attached hydrogen (secondary N) is 1. The lowest BCUT2D eigenvalue weighted by Gasteiger charge is -2.30. The summed E-state index contributed by atoms with van der Waals surface area (Å²) in [4.78, 5) is 7.47. The highest BCUT2D eigenvalue weighted by Gasteiger charge is 2.27. The number of anilines is 1. The van der Waals surface area contributed by atoms with Gasteiger partial charge in [0.1, 0.15) is 5.82 Å². The van der Waals surface area contributed by atoms with E-state index in [4.69, 9.17) is 4.98 Å². The van der Waals surface area contributed by atoms with Crippen molar-refractivity contribution in [3.63, 3.8) is 0 Å². The molecule has 0 unspecified atom stereocenters. The van der Waals surface area contributed by atoms with E-state index in [2.05, 4.69) is 57.0 Å². The van der Waals surface area contributed by atoms with Crippen LogP contribution in [-0.4, -0.2) is 24.6 Å². The van der Waals surface area contributed by atoms with Crippen molar-refractivity contribution in [1.29, 1.82) is 0 Å². The van der Waals surface area contributed by atoms with Crippen molar-refractivity contribution in [3.05, 3.63) is 23.4 Å². The maximum atomic E-state index is 4.99. The minimum Gasteiger partial charge on any atom is -0.354 e. The van der Waals surface area contributed by atoms with Gasteiger partial charge in [0.25, 0.3) is 0 Å². The van der Waals surface area contributed by atoms with E-state index in [0.29, 0.717) is 6.04 Å². The normalized spacial score (nSPS) is 15.6.